The predicted molar refractivity (Wildman–Crippen MR) is 87.2 cm³/mol. The van der Waals surface area contributed by atoms with Gasteiger partial charge in [-0.25, -0.2) is 4.39 Å². The number of likely N-dealkylation sites (N-methyl/N-ethyl adjacent to an activating group) is 1. The quantitative estimate of drug-likeness (QED) is 0.852. The first kappa shape index (κ1) is 14.8. The van der Waals surface area contributed by atoms with Crippen molar-refractivity contribution in [1.82, 2.24) is 4.57 Å². The largest absolute Gasteiger partial charge is 0.372 e. The van der Waals surface area contributed by atoms with Crippen molar-refractivity contribution in [3.05, 3.63) is 63.3 Å². The number of fused-ring (bicyclic) bond motifs is 1. The number of nitrogens with zero attached hydrogens (tertiary/aromatic N) is 2. The molecule has 0 radical (unpaired) electrons. The average molecular weight is 300 g/mol. The zero-order chi connectivity index (χ0) is 16.1. The van der Waals surface area contributed by atoms with E-state index in [1.807, 2.05) is 13.1 Å². The summed E-state index contributed by atoms with van der Waals surface area (Å²) >= 11 is 0. The van der Waals surface area contributed by atoms with Crippen LogP contribution in [0.2, 0.25) is 0 Å². The highest BCUT2D eigenvalue weighted by molar-refractivity contribution is 5.60. The molecule has 0 aliphatic carbocycles. The lowest BCUT2D eigenvalue weighted by Crippen LogP contribution is -2.30. The number of hydrogen-bond donors (Lipinski definition) is 0. The van der Waals surface area contributed by atoms with E-state index < -0.39 is 0 Å². The minimum absolute atomic E-state index is 0.0338. The summed E-state index contributed by atoms with van der Waals surface area (Å²) in [7, 11) is 3.90. The van der Waals surface area contributed by atoms with Crippen molar-refractivity contribution in [2.45, 2.75) is 25.7 Å². The van der Waals surface area contributed by atoms with Gasteiger partial charge in [-0.05, 0) is 23.8 Å². The van der Waals surface area contributed by atoms with E-state index in [9.17, 15) is 9.18 Å². The maximum atomic E-state index is 13.0. The molecule has 1 aromatic carbocycles. The lowest BCUT2D eigenvalue weighted by Gasteiger charge is -2.20. The summed E-state index contributed by atoms with van der Waals surface area (Å²) in [6.07, 6.45) is 0.522. The first-order chi connectivity index (χ1) is 10.3. The van der Waals surface area contributed by atoms with Gasteiger partial charge in [0.05, 0.1) is 11.4 Å². The number of pyridine rings is 1. The van der Waals surface area contributed by atoms with E-state index in [2.05, 4.69) is 25.8 Å². The summed E-state index contributed by atoms with van der Waals surface area (Å²) in [4.78, 5) is 14.9. The molecular weight excluding hydrogens is 279 g/mol. The van der Waals surface area contributed by atoms with Gasteiger partial charge < -0.3 is 9.47 Å². The van der Waals surface area contributed by atoms with E-state index in [1.54, 1.807) is 16.7 Å². The number of benzene rings is 1. The molecule has 22 heavy (non-hydrogen) atoms. The molecule has 3 rings (SSSR count). The number of halogens is 1. The maximum Gasteiger partial charge on any atom is 0.254 e. The zero-order valence-electron chi connectivity index (χ0n) is 13.5. The van der Waals surface area contributed by atoms with E-state index in [0.29, 0.717) is 6.42 Å². The molecule has 1 aliphatic heterocycles. The fourth-order valence-corrected chi connectivity index (χ4v) is 3.58. The molecule has 4 heteroatoms. The molecule has 0 saturated heterocycles. The SMILES string of the molecule is CN1CC(C)(C)c2c1cc(Cc1ccc(F)cc1)c(=O)n2C. The Kier molecular flexibility index (Phi) is 3.35. The molecule has 0 bridgehead atoms. The van der Waals surface area contributed by atoms with Gasteiger partial charge in [0.2, 0.25) is 0 Å². The molecule has 0 saturated carbocycles. The van der Waals surface area contributed by atoms with E-state index in [1.165, 1.54) is 12.1 Å². The van der Waals surface area contributed by atoms with Crippen LogP contribution in [0.15, 0.2) is 35.1 Å². The Morgan fingerprint density at radius 1 is 1.18 bits per heavy atom. The van der Waals surface area contributed by atoms with E-state index >= 15 is 0 Å². The molecule has 0 unspecified atom stereocenters. The van der Waals surface area contributed by atoms with Crippen molar-refractivity contribution in [3.63, 3.8) is 0 Å². The van der Waals surface area contributed by atoms with Gasteiger partial charge >= 0.3 is 0 Å². The van der Waals surface area contributed by atoms with Crippen LogP contribution < -0.4 is 10.5 Å². The lowest BCUT2D eigenvalue weighted by atomic mass is 9.90. The molecule has 0 amide bonds. The van der Waals surface area contributed by atoms with Gasteiger partial charge in [-0.2, -0.15) is 0 Å². The van der Waals surface area contributed by atoms with Crippen LogP contribution in [-0.2, 0) is 18.9 Å². The summed E-state index contributed by atoms with van der Waals surface area (Å²) in [5, 5.41) is 0. The molecule has 1 aliphatic rings. The second kappa shape index (κ2) is 4.97. The van der Waals surface area contributed by atoms with Gasteiger partial charge in [0.15, 0.2) is 0 Å². The Hall–Kier alpha value is -2.10. The van der Waals surface area contributed by atoms with Gasteiger partial charge in [0.25, 0.3) is 5.56 Å². The monoisotopic (exact) mass is 300 g/mol. The molecule has 2 heterocycles. The number of rotatable bonds is 2. The van der Waals surface area contributed by atoms with Crippen LogP contribution in [0.3, 0.4) is 0 Å². The third-order valence-corrected chi connectivity index (χ3v) is 4.46. The highest BCUT2D eigenvalue weighted by Crippen LogP contribution is 2.38. The molecule has 0 atom stereocenters. The predicted octanol–water partition coefficient (Wildman–Crippen LogP) is 2.84. The van der Waals surface area contributed by atoms with Crippen molar-refractivity contribution >= 4 is 5.69 Å². The molecule has 116 valence electrons. The standard InChI is InChI=1S/C18H21FN2O/c1-18(2)11-20(3)15-10-13(17(22)21(4)16(15)18)9-12-5-7-14(19)8-6-12/h5-8,10H,9,11H2,1-4H3. The second-order valence-corrected chi connectivity index (χ2v) is 6.81. The van der Waals surface area contributed by atoms with Crippen LogP contribution in [-0.4, -0.2) is 18.2 Å². The minimum Gasteiger partial charge on any atom is -0.372 e. The van der Waals surface area contributed by atoms with Crippen LogP contribution in [0, 0.1) is 5.82 Å². The topological polar surface area (TPSA) is 25.2 Å². The molecule has 0 spiro atoms. The third-order valence-electron chi connectivity index (χ3n) is 4.46. The number of aromatic nitrogens is 1. The van der Waals surface area contributed by atoms with Crippen molar-refractivity contribution in [1.29, 1.82) is 0 Å². The van der Waals surface area contributed by atoms with Crippen molar-refractivity contribution in [2.24, 2.45) is 7.05 Å². The Morgan fingerprint density at radius 3 is 2.45 bits per heavy atom. The van der Waals surface area contributed by atoms with Crippen molar-refractivity contribution in [2.75, 3.05) is 18.5 Å². The van der Waals surface area contributed by atoms with Gasteiger partial charge in [-0.15, -0.1) is 0 Å². The molecule has 0 N–H and O–H groups in total. The van der Waals surface area contributed by atoms with Gasteiger partial charge in [-0.3, -0.25) is 4.79 Å². The van der Waals surface area contributed by atoms with Gasteiger partial charge in [0, 0.05) is 38.0 Å². The normalized spacial score (nSPS) is 16.0. The molecular formula is C18H21FN2O. The molecule has 0 fully saturated rings. The molecule has 2 aromatic rings. The van der Waals surface area contributed by atoms with Crippen LogP contribution in [0.25, 0.3) is 0 Å². The van der Waals surface area contributed by atoms with Crippen LogP contribution in [0.5, 0.6) is 0 Å². The van der Waals surface area contributed by atoms with E-state index in [0.717, 1.165) is 29.1 Å². The summed E-state index contributed by atoms with van der Waals surface area (Å²) in [6.45, 7) is 5.22. The number of anilines is 1. The third kappa shape index (κ3) is 2.32. The highest BCUT2D eigenvalue weighted by Gasteiger charge is 2.36. The summed E-state index contributed by atoms with van der Waals surface area (Å²) in [5.74, 6) is -0.257. The zero-order valence-corrected chi connectivity index (χ0v) is 13.5. The van der Waals surface area contributed by atoms with Crippen molar-refractivity contribution < 1.29 is 4.39 Å². The van der Waals surface area contributed by atoms with E-state index in [4.69, 9.17) is 0 Å². The fraction of sp³-hybridized carbons (Fsp3) is 0.389. The smallest absolute Gasteiger partial charge is 0.254 e. The molecule has 3 nitrogen and oxygen atoms in total. The first-order valence-corrected chi connectivity index (χ1v) is 7.48. The first-order valence-electron chi connectivity index (χ1n) is 7.48. The maximum absolute atomic E-state index is 13.0. The summed E-state index contributed by atoms with van der Waals surface area (Å²) in [6, 6.07) is 8.33. The second-order valence-electron chi connectivity index (χ2n) is 6.81. The Labute approximate surface area is 130 Å². The minimum atomic E-state index is -0.257. The summed E-state index contributed by atoms with van der Waals surface area (Å²) < 4.78 is 14.8. The number of hydrogen-bond acceptors (Lipinski definition) is 2. The Morgan fingerprint density at radius 2 is 1.82 bits per heavy atom. The Balaban J connectivity index is 2.08. The lowest BCUT2D eigenvalue weighted by molar-refractivity contribution is 0.521. The fourth-order valence-electron chi connectivity index (χ4n) is 3.58. The summed E-state index contributed by atoms with van der Waals surface area (Å²) in [5.41, 5.74) is 3.89. The Bertz CT molecular complexity index is 775. The van der Waals surface area contributed by atoms with Crippen LogP contribution in [0.1, 0.15) is 30.7 Å². The highest BCUT2D eigenvalue weighted by atomic mass is 19.1. The van der Waals surface area contributed by atoms with Crippen molar-refractivity contribution in [3.8, 4) is 0 Å². The molecule has 1 aromatic heterocycles. The van der Waals surface area contributed by atoms with Gasteiger partial charge in [-0.1, -0.05) is 26.0 Å². The van der Waals surface area contributed by atoms with E-state index in [-0.39, 0.29) is 16.8 Å². The average Bonchev–Trinajstić information content (AvgIpc) is 2.67. The van der Waals surface area contributed by atoms with Crippen LogP contribution >= 0.6 is 0 Å². The van der Waals surface area contributed by atoms with Gasteiger partial charge in [0.1, 0.15) is 5.82 Å². The van der Waals surface area contributed by atoms with Crippen LogP contribution in [0.4, 0.5) is 10.1 Å².